The first-order valence-corrected chi connectivity index (χ1v) is 8.35. The zero-order valence-electron chi connectivity index (χ0n) is 14.2. The Balaban J connectivity index is 1.94. The molecule has 5 nitrogen and oxygen atoms in total. The van der Waals surface area contributed by atoms with Gasteiger partial charge in [-0.3, -0.25) is 4.79 Å². The van der Waals surface area contributed by atoms with Gasteiger partial charge in [-0.25, -0.2) is 0 Å². The summed E-state index contributed by atoms with van der Waals surface area (Å²) in [4.78, 5) is 12.7. The molecule has 0 bridgehead atoms. The SMILES string of the molecule is COc1c2occc2c(OCc2cccc(Cl)c2)c2c(=O)cc(C)oc12. The minimum absolute atomic E-state index is 0.203. The lowest BCUT2D eigenvalue weighted by Gasteiger charge is -2.13. The van der Waals surface area contributed by atoms with Gasteiger partial charge < -0.3 is 18.3 Å². The van der Waals surface area contributed by atoms with E-state index in [0.29, 0.717) is 44.2 Å². The molecular formula is C20H15ClO5. The van der Waals surface area contributed by atoms with Crippen molar-refractivity contribution >= 4 is 33.5 Å². The van der Waals surface area contributed by atoms with Gasteiger partial charge >= 0.3 is 0 Å². The van der Waals surface area contributed by atoms with Crippen LogP contribution in [0.5, 0.6) is 11.5 Å². The van der Waals surface area contributed by atoms with E-state index in [4.69, 9.17) is 29.9 Å². The number of methoxy groups -OCH3 is 1. The Morgan fingerprint density at radius 3 is 2.73 bits per heavy atom. The van der Waals surface area contributed by atoms with Crippen molar-refractivity contribution in [1.82, 2.24) is 0 Å². The number of hydrogen-bond donors (Lipinski definition) is 0. The molecule has 26 heavy (non-hydrogen) atoms. The van der Waals surface area contributed by atoms with Crippen molar-refractivity contribution in [3.8, 4) is 11.5 Å². The Kier molecular flexibility index (Phi) is 4.09. The Labute approximate surface area is 153 Å². The van der Waals surface area contributed by atoms with Crippen LogP contribution in [-0.2, 0) is 6.61 Å². The van der Waals surface area contributed by atoms with E-state index in [0.717, 1.165) is 5.56 Å². The van der Waals surface area contributed by atoms with Crippen molar-refractivity contribution in [2.45, 2.75) is 13.5 Å². The fraction of sp³-hybridized carbons (Fsp3) is 0.150. The van der Waals surface area contributed by atoms with Crippen LogP contribution in [0.25, 0.3) is 21.9 Å². The molecule has 0 unspecified atom stereocenters. The van der Waals surface area contributed by atoms with Crippen molar-refractivity contribution in [2.75, 3.05) is 7.11 Å². The molecule has 2 aromatic carbocycles. The topological polar surface area (TPSA) is 61.8 Å². The number of aryl methyl sites for hydroxylation is 1. The third-order valence-corrected chi connectivity index (χ3v) is 4.33. The van der Waals surface area contributed by atoms with Crippen molar-refractivity contribution in [3.05, 3.63) is 69.2 Å². The number of ether oxygens (including phenoxy) is 2. The summed E-state index contributed by atoms with van der Waals surface area (Å²) < 4.78 is 22.8. The Hall–Kier alpha value is -2.92. The van der Waals surface area contributed by atoms with Gasteiger partial charge in [0.15, 0.2) is 16.6 Å². The molecule has 6 heteroatoms. The highest BCUT2D eigenvalue weighted by Crippen LogP contribution is 2.42. The van der Waals surface area contributed by atoms with Gasteiger partial charge in [0.05, 0.1) is 18.8 Å². The maximum absolute atomic E-state index is 12.7. The average Bonchev–Trinajstić information content (AvgIpc) is 3.08. The molecule has 2 aromatic heterocycles. The summed E-state index contributed by atoms with van der Waals surface area (Å²) in [5, 5.41) is 1.59. The number of hydrogen-bond acceptors (Lipinski definition) is 5. The highest BCUT2D eigenvalue weighted by molar-refractivity contribution is 6.30. The van der Waals surface area contributed by atoms with Crippen molar-refractivity contribution in [1.29, 1.82) is 0 Å². The monoisotopic (exact) mass is 370 g/mol. The molecule has 0 aliphatic carbocycles. The lowest BCUT2D eigenvalue weighted by atomic mass is 10.1. The van der Waals surface area contributed by atoms with Crippen LogP contribution < -0.4 is 14.9 Å². The van der Waals surface area contributed by atoms with Crippen molar-refractivity contribution in [3.63, 3.8) is 0 Å². The highest BCUT2D eigenvalue weighted by Gasteiger charge is 2.22. The fourth-order valence-electron chi connectivity index (χ4n) is 3.00. The first kappa shape index (κ1) is 16.5. The first-order chi connectivity index (χ1) is 12.6. The molecule has 2 heterocycles. The Morgan fingerprint density at radius 2 is 1.96 bits per heavy atom. The third kappa shape index (κ3) is 2.70. The van der Waals surface area contributed by atoms with E-state index in [-0.39, 0.29) is 12.0 Å². The third-order valence-electron chi connectivity index (χ3n) is 4.10. The van der Waals surface area contributed by atoms with Crippen LogP contribution in [0.4, 0.5) is 0 Å². The lowest BCUT2D eigenvalue weighted by Crippen LogP contribution is -2.06. The fourth-order valence-corrected chi connectivity index (χ4v) is 3.22. The largest absolute Gasteiger partial charge is 0.490 e. The summed E-state index contributed by atoms with van der Waals surface area (Å²) in [7, 11) is 1.51. The van der Waals surface area contributed by atoms with Gasteiger partial charge in [0.25, 0.3) is 0 Å². The number of halogens is 1. The smallest absolute Gasteiger partial charge is 0.206 e. The second kappa shape index (κ2) is 6.42. The molecule has 0 radical (unpaired) electrons. The molecule has 0 saturated heterocycles. The summed E-state index contributed by atoms with van der Waals surface area (Å²) in [6.07, 6.45) is 1.52. The second-order valence-corrected chi connectivity index (χ2v) is 6.31. The van der Waals surface area contributed by atoms with Gasteiger partial charge in [0, 0.05) is 11.1 Å². The second-order valence-electron chi connectivity index (χ2n) is 5.87. The average molecular weight is 371 g/mol. The molecule has 0 atom stereocenters. The normalized spacial score (nSPS) is 11.2. The van der Waals surface area contributed by atoms with Gasteiger partial charge in [0.2, 0.25) is 5.75 Å². The first-order valence-electron chi connectivity index (χ1n) is 7.97. The molecule has 0 saturated carbocycles. The van der Waals surface area contributed by atoms with Gasteiger partial charge in [-0.05, 0) is 30.7 Å². The van der Waals surface area contributed by atoms with Crippen LogP contribution in [0.1, 0.15) is 11.3 Å². The van der Waals surface area contributed by atoms with E-state index in [1.807, 2.05) is 18.2 Å². The molecule has 0 fully saturated rings. The van der Waals surface area contributed by atoms with Crippen LogP contribution >= 0.6 is 11.6 Å². The van der Waals surface area contributed by atoms with Crippen LogP contribution in [0.3, 0.4) is 0 Å². The van der Waals surface area contributed by atoms with E-state index >= 15 is 0 Å². The molecule has 132 valence electrons. The number of furan rings is 1. The van der Waals surface area contributed by atoms with Gasteiger partial charge in [-0.2, -0.15) is 0 Å². The number of fused-ring (bicyclic) bond motifs is 2. The molecule has 4 aromatic rings. The standard InChI is InChI=1S/C20H15ClO5/c1-11-8-15(22)16-17(25-10-12-4-3-5-13(21)9-12)14-6-7-24-18(14)20(23-2)19(16)26-11/h3-9H,10H2,1-2H3. The molecule has 0 amide bonds. The van der Waals surface area contributed by atoms with Crippen LogP contribution in [-0.4, -0.2) is 7.11 Å². The summed E-state index contributed by atoms with van der Waals surface area (Å²) in [5.41, 5.74) is 1.46. The predicted octanol–water partition coefficient (Wildman–Crippen LogP) is 5.09. The summed E-state index contributed by atoms with van der Waals surface area (Å²) in [6.45, 7) is 1.95. The zero-order valence-corrected chi connectivity index (χ0v) is 14.9. The molecule has 0 aliphatic heterocycles. The van der Waals surface area contributed by atoms with E-state index in [9.17, 15) is 4.79 Å². The lowest BCUT2D eigenvalue weighted by molar-refractivity contribution is 0.312. The van der Waals surface area contributed by atoms with Crippen LogP contribution in [0.2, 0.25) is 5.02 Å². The molecule has 0 spiro atoms. The maximum Gasteiger partial charge on any atom is 0.206 e. The molecule has 4 rings (SSSR count). The van der Waals surface area contributed by atoms with Crippen LogP contribution in [0, 0.1) is 6.92 Å². The van der Waals surface area contributed by atoms with Gasteiger partial charge in [0.1, 0.15) is 23.5 Å². The van der Waals surface area contributed by atoms with Crippen LogP contribution in [0.15, 0.2) is 56.3 Å². The van der Waals surface area contributed by atoms with Crippen molar-refractivity contribution < 1.29 is 18.3 Å². The Bertz CT molecular complexity index is 1170. The number of rotatable bonds is 4. The summed E-state index contributed by atoms with van der Waals surface area (Å²) in [6, 6.07) is 10.5. The molecule has 0 aliphatic rings. The Morgan fingerprint density at radius 1 is 1.12 bits per heavy atom. The van der Waals surface area contributed by atoms with Gasteiger partial charge in [-0.1, -0.05) is 23.7 Å². The van der Waals surface area contributed by atoms with E-state index in [1.165, 1.54) is 19.4 Å². The van der Waals surface area contributed by atoms with E-state index in [1.54, 1.807) is 19.1 Å². The van der Waals surface area contributed by atoms with E-state index < -0.39 is 0 Å². The minimum Gasteiger partial charge on any atom is -0.490 e. The maximum atomic E-state index is 12.7. The molecule has 0 N–H and O–H groups in total. The minimum atomic E-state index is -0.203. The zero-order chi connectivity index (χ0) is 18.3. The van der Waals surface area contributed by atoms with E-state index in [2.05, 4.69) is 0 Å². The quantitative estimate of drug-likeness (QED) is 0.500. The van der Waals surface area contributed by atoms with Gasteiger partial charge in [-0.15, -0.1) is 0 Å². The molecular weight excluding hydrogens is 356 g/mol. The van der Waals surface area contributed by atoms with Crippen molar-refractivity contribution in [2.24, 2.45) is 0 Å². The predicted molar refractivity (Wildman–Crippen MR) is 99.3 cm³/mol. The summed E-state index contributed by atoms with van der Waals surface area (Å²) >= 11 is 6.03. The highest BCUT2D eigenvalue weighted by atomic mass is 35.5. The number of benzene rings is 2. The summed E-state index contributed by atoms with van der Waals surface area (Å²) in [5.74, 6) is 1.25.